The maximum atomic E-state index is 12.7. The average Bonchev–Trinajstić information content (AvgIpc) is 3.42. The highest BCUT2D eigenvalue weighted by Crippen LogP contribution is 2.32. The van der Waals surface area contributed by atoms with E-state index in [0.717, 1.165) is 37.1 Å². The Balaban J connectivity index is 1.13. The zero-order valence-electron chi connectivity index (χ0n) is 26.5. The molecular formula is C34H39BN6O7. The second-order valence-electron chi connectivity index (χ2n) is 12.6. The maximum absolute atomic E-state index is 12.7. The Kier molecular flexibility index (Phi) is 9.31. The van der Waals surface area contributed by atoms with E-state index in [9.17, 15) is 20.1 Å². The number of hydrogen-bond acceptors (Lipinski definition) is 11. The highest BCUT2D eigenvalue weighted by atomic mass is 16.7. The molecule has 0 saturated carbocycles. The van der Waals surface area contributed by atoms with Crippen LogP contribution in [0.2, 0.25) is 0 Å². The molecule has 250 valence electrons. The molecule has 13 nitrogen and oxygen atoms in total. The van der Waals surface area contributed by atoms with Gasteiger partial charge in [-0.25, -0.2) is 4.99 Å². The molecule has 3 fully saturated rings. The van der Waals surface area contributed by atoms with Crippen LogP contribution in [-0.2, 0) is 18.8 Å². The summed E-state index contributed by atoms with van der Waals surface area (Å²) in [4.78, 5) is 25.1. The smallest absolute Gasteiger partial charge is 0.494 e. The first-order valence-electron chi connectivity index (χ1n) is 16.1. The number of anilines is 1. The van der Waals surface area contributed by atoms with E-state index in [1.54, 1.807) is 0 Å². The van der Waals surface area contributed by atoms with Gasteiger partial charge in [0.15, 0.2) is 12.2 Å². The Morgan fingerprint density at radius 3 is 2.56 bits per heavy atom. The number of aliphatic imine (C=N–C) groups is 1. The van der Waals surface area contributed by atoms with Gasteiger partial charge in [0, 0.05) is 48.3 Å². The van der Waals surface area contributed by atoms with Crippen LogP contribution in [0.1, 0.15) is 11.1 Å². The molecule has 0 aliphatic carbocycles. The SMILES string of the molecule is CN1CCN(CC(=O)Nc2ccc(N=C(c3ccccc3)c3c(O)[nH]c4cc(B5OC[C@H]6OC(O)[C@H](N)[C@@H](O)[C@@H]6O5)ccc34)cc2)CC1. The third-order valence-corrected chi connectivity index (χ3v) is 9.15. The van der Waals surface area contributed by atoms with Crippen LogP contribution in [0.25, 0.3) is 10.9 Å². The van der Waals surface area contributed by atoms with Crippen LogP contribution >= 0.6 is 0 Å². The maximum Gasteiger partial charge on any atom is 0.494 e. The molecule has 3 aliphatic rings. The standard InChI is InChI=1S/C34H39BN6O7/c1-40-13-15-41(16-14-40)18-27(42)37-22-8-10-23(11-9-22)38-30(20-5-3-2-4-6-20)28-24-12-7-21(17-25(24)39-33(28)44)35-46-19-26-32(48-35)31(43)29(36)34(45)47-26/h2-12,17,26,29,31-32,34,39,43-45H,13-16,18-19,36H2,1H3,(H,37,42)/t26-,29-,31-,32-,34?/m1/s1. The summed E-state index contributed by atoms with van der Waals surface area (Å²) in [7, 11) is 1.26. The summed E-state index contributed by atoms with van der Waals surface area (Å²) in [5, 5.41) is 35.5. The van der Waals surface area contributed by atoms with E-state index in [1.807, 2.05) is 72.8 Å². The van der Waals surface area contributed by atoms with Gasteiger partial charge in [-0.05, 0) is 42.8 Å². The molecule has 14 heteroatoms. The highest BCUT2D eigenvalue weighted by molar-refractivity contribution is 6.61. The van der Waals surface area contributed by atoms with Crippen molar-refractivity contribution in [2.45, 2.75) is 30.6 Å². The molecule has 48 heavy (non-hydrogen) atoms. The van der Waals surface area contributed by atoms with Gasteiger partial charge in [0.25, 0.3) is 0 Å². The van der Waals surface area contributed by atoms with Crippen molar-refractivity contribution < 1.29 is 34.2 Å². The van der Waals surface area contributed by atoms with Crippen LogP contribution in [0.4, 0.5) is 11.4 Å². The fourth-order valence-electron chi connectivity index (χ4n) is 6.40. The van der Waals surface area contributed by atoms with Gasteiger partial charge in [-0.1, -0.05) is 42.5 Å². The fourth-order valence-corrected chi connectivity index (χ4v) is 6.40. The number of aromatic nitrogens is 1. The molecule has 0 radical (unpaired) electrons. The molecule has 3 aromatic carbocycles. The number of carbonyl (C=O) groups excluding carboxylic acids is 1. The number of aliphatic hydroxyl groups is 2. The van der Waals surface area contributed by atoms with Gasteiger partial charge >= 0.3 is 7.12 Å². The van der Waals surface area contributed by atoms with Crippen molar-refractivity contribution in [3.8, 4) is 5.88 Å². The summed E-state index contributed by atoms with van der Waals surface area (Å²) in [6.45, 7) is 4.08. The number of nitrogens with two attached hydrogens (primary N) is 1. The number of aromatic amines is 1. The fraction of sp³-hybridized carbons (Fsp3) is 0.353. The lowest BCUT2D eigenvalue weighted by Crippen LogP contribution is -2.67. The first kappa shape index (κ1) is 32.4. The number of fused-ring (bicyclic) bond motifs is 2. The van der Waals surface area contributed by atoms with E-state index in [-0.39, 0.29) is 18.4 Å². The predicted molar refractivity (Wildman–Crippen MR) is 182 cm³/mol. The number of benzene rings is 3. The number of amides is 1. The third-order valence-electron chi connectivity index (χ3n) is 9.15. The van der Waals surface area contributed by atoms with E-state index in [0.29, 0.717) is 40.2 Å². The molecule has 0 bridgehead atoms. The molecule has 1 amide bonds. The van der Waals surface area contributed by atoms with Crippen LogP contribution in [0.5, 0.6) is 5.88 Å². The number of rotatable bonds is 7. The minimum Gasteiger partial charge on any atom is -0.494 e. The summed E-state index contributed by atoms with van der Waals surface area (Å²) in [6.07, 6.45) is -3.88. The zero-order valence-corrected chi connectivity index (χ0v) is 26.5. The number of aliphatic hydroxyl groups excluding tert-OH is 2. The van der Waals surface area contributed by atoms with Crippen LogP contribution in [0.15, 0.2) is 77.8 Å². The van der Waals surface area contributed by atoms with Gasteiger partial charge in [0.2, 0.25) is 5.91 Å². The van der Waals surface area contributed by atoms with Crippen LogP contribution < -0.4 is 16.5 Å². The summed E-state index contributed by atoms with van der Waals surface area (Å²) in [6, 6.07) is 21.4. The van der Waals surface area contributed by atoms with Gasteiger partial charge in [0.05, 0.1) is 42.3 Å². The number of H-pyrrole nitrogens is 1. The first-order chi connectivity index (χ1) is 23.2. The number of hydrogen-bond donors (Lipinski definition) is 6. The van der Waals surface area contributed by atoms with Crippen molar-refractivity contribution in [1.29, 1.82) is 0 Å². The number of nitrogens with zero attached hydrogens (tertiary/aromatic N) is 3. The number of carbonyl (C=O) groups is 1. The minimum absolute atomic E-state index is 0.0563. The lowest BCUT2D eigenvalue weighted by Gasteiger charge is -2.45. The molecule has 3 saturated heterocycles. The van der Waals surface area contributed by atoms with Gasteiger partial charge in [-0.15, -0.1) is 0 Å². The van der Waals surface area contributed by atoms with E-state index in [1.165, 1.54) is 0 Å². The molecule has 4 aromatic rings. The van der Waals surface area contributed by atoms with Crippen molar-refractivity contribution in [2.75, 3.05) is 51.7 Å². The second kappa shape index (κ2) is 13.8. The van der Waals surface area contributed by atoms with Crippen molar-refractivity contribution in [2.24, 2.45) is 10.7 Å². The molecule has 7 N–H and O–H groups in total. The van der Waals surface area contributed by atoms with E-state index in [4.69, 9.17) is 24.8 Å². The summed E-state index contributed by atoms with van der Waals surface area (Å²) < 4.78 is 17.4. The number of nitrogens with one attached hydrogen (secondary N) is 2. The van der Waals surface area contributed by atoms with Crippen LogP contribution in [0, 0.1) is 0 Å². The van der Waals surface area contributed by atoms with E-state index < -0.39 is 37.8 Å². The van der Waals surface area contributed by atoms with Crippen LogP contribution in [0.3, 0.4) is 0 Å². The molecule has 3 aliphatic heterocycles. The van der Waals surface area contributed by atoms with E-state index in [2.05, 4.69) is 27.1 Å². The number of likely N-dealkylation sites (N-methyl/N-ethyl adjacent to an activating group) is 1. The minimum atomic E-state index is -1.31. The summed E-state index contributed by atoms with van der Waals surface area (Å²) in [5.41, 5.74) is 10.4. The first-order valence-corrected chi connectivity index (χ1v) is 16.1. The summed E-state index contributed by atoms with van der Waals surface area (Å²) in [5.74, 6) is -0.113. The Morgan fingerprint density at radius 2 is 1.81 bits per heavy atom. The third kappa shape index (κ3) is 6.74. The lowest BCUT2D eigenvalue weighted by atomic mass is 9.76. The number of piperazine rings is 1. The van der Waals surface area contributed by atoms with E-state index >= 15 is 0 Å². The summed E-state index contributed by atoms with van der Waals surface area (Å²) >= 11 is 0. The zero-order chi connectivity index (χ0) is 33.4. The molecule has 0 spiro atoms. The molecular weight excluding hydrogens is 615 g/mol. The molecule has 1 unspecified atom stereocenters. The van der Waals surface area contributed by atoms with Gasteiger partial charge < -0.3 is 50.3 Å². The average molecular weight is 655 g/mol. The Morgan fingerprint density at radius 1 is 1.06 bits per heavy atom. The van der Waals surface area contributed by atoms with Crippen molar-refractivity contribution in [3.63, 3.8) is 0 Å². The lowest BCUT2D eigenvalue weighted by molar-refractivity contribution is -0.255. The largest absolute Gasteiger partial charge is 0.494 e. The predicted octanol–water partition coefficient (Wildman–Crippen LogP) is 0.745. The highest BCUT2D eigenvalue weighted by Gasteiger charge is 2.48. The number of ether oxygens (including phenoxy) is 1. The molecule has 5 atom stereocenters. The molecule has 1 aromatic heterocycles. The van der Waals surface area contributed by atoms with Gasteiger partial charge in [-0.2, -0.15) is 0 Å². The van der Waals surface area contributed by atoms with Gasteiger partial charge in [0.1, 0.15) is 12.2 Å². The Hall–Kier alpha value is -4.12. The van der Waals surface area contributed by atoms with Gasteiger partial charge in [-0.3, -0.25) is 9.69 Å². The second-order valence-corrected chi connectivity index (χ2v) is 12.6. The van der Waals surface area contributed by atoms with Crippen molar-refractivity contribution in [3.05, 3.63) is 83.9 Å². The quantitative estimate of drug-likeness (QED) is 0.123. The molecule has 4 heterocycles. The normalized spacial score (nSPS) is 25.6. The topological polar surface area (TPSA) is 178 Å². The number of aromatic hydroxyl groups is 1. The monoisotopic (exact) mass is 654 g/mol. The Labute approximate surface area is 278 Å². The Bertz CT molecular complexity index is 1780. The van der Waals surface area contributed by atoms with Crippen LogP contribution in [-0.4, -0.2) is 126 Å². The van der Waals surface area contributed by atoms with Crippen molar-refractivity contribution >= 4 is 46.5 Å². The van der Waals surface area contributed by atoms with Crippen molar-refractivity contribution in [1.82, 2.24) is 14.8 Å². The molecule has 7 rings (SSSR count).